The van der Waals surface area contributed by atoms with Gasteiger partial charge in [-0.25, -0.2) is 9.59 Å². The van der Waals surface area contributed by atoms with Crippen molar-refractivity contribution in [1.29, 1.82) is 0 Å². The van der Waals surface area contributed by atoms with E-state index >= 15 is 0 Å². The van der Waals surface area contributed by atoms with Gasteiger partial charge in [-0.1, -0.05) is 13.8 Å². The molecule has 0 unspecified atom stereocenters. The molecule has 0 aromatic rings. The van der Waals surface area contributed by atoms with E-state index in [1.165, 1.54) is 4.90 Å². The first-order valence-corrected chi connectivity index (χ1v) is 11.7. The van der Waals surface area contributed by atoms with Crippen LogP contribution in [0.5, 0.6) is 0 Å². The molecule has 0 radical (unpaired) electrons. The molecule has 182 valence electrons. The van der Waals surface area contributed by atoms with Gasteiger partial charge < -0.3 is 20.5 Å². The highest BCUT2D eigenvalue weighted by atomic mass is 16.6. The van der Waals surface area contributed by atoms with E-state index in [2.05, 4.69) is 10.6 Å². The highest BCUT2D eigenvalue weighted by molar-refractivity contribution is 5.86. The van der Waals surface area contributed by atoms with Crippen molar-refractivity contribution in [3.63, 3.8) is 0 Å². The number of carbonyl (C=O) groups excluding carboxylic acids is 3. The summed E-state index contributed by atoms with van der Waals surface area (Å²) in [5.41, 5.74) is -0.606. The van der Waals surface area contributed by atoms with Crippen LogP contribution in [-0.4, -0.2) is 64.7 Å². The van der Waals surface area contributed by atoms with Crippen LogP contribution in [0.1, 0.15) is 73.1 Å². The Bertz CT molecular complexity index is 694. The molecule has 9 heteroatoms. The molecule has 2 atom stereocenters. The Kier molecular flexibility index (Phi) is 8.92. The van der Waals surface area contributed by atoms with E-state index in [0.717, 1.165) is 19.3 Å². The molecule has 32 heavy (non-hydrogen) atoms. The molecule has 1 aliphatic heterocycles. The molecule has 0 aromatic carbocycles. The van der Waals surface area contributed by atoms with Crippen LogP contribution in [0.25, 0.3) is 0 Å². The van der Waals surface area contributed by atoms with E-state index < -0.39 is 29.7 Å². The van der Waals surface area contributed by atoms with Crippen molar-refractivity contribution in [2.45, 2.75) is 90.8 Å². The number of carboxylic acids is 1. The lowest BCUT2D eigenvalue weighted by atomic mass is 9.81. The summed E-state index contributed by atoms with van der Waals surface area (Å²) in [7, 11) is 0. The van der Waals surface area contributed by atoms with Gasteiger partial charge in [0.05, 0.1) is 0 Å². The van der Waals surface area contributed by atoms with Crippen molar-refractivity contribution >= 4 is 23.9 Å². The van der Waals surface area contributed by atoms with Crippen LogP contribution in [0, 0.1) is 17.8 Å². The summed E-state index contributed by atoms with van der Waals surface area (Å²) in [5.74, 6) is -1.49. The van der Waals surface area contributed by atoms with Crippen molar-refractivity contribution < 1.29 is 29.0 Å². The Balaban J connectivity index is 1.78. The van der Waals surface area contributed by atoms with Crippen LogP contribution in [0.4, 0.5) is 4.79 Å². The molecule has 0 bridgehead atoms. The van der Waals surface area contributed by atoms with Gasteiger partial charge >= 0.3 is 12.1 Å². The number of amides is 3. The minimum atomic E-state index is -1.02. The minimum Gasteiger partial charge on any atom is -0.480 e. The lowest BCUT2D eigenvalue weighted by Crippen LogP contribution is -2.49. The van der Waals surface area contributed by atoms with Crippen molar-refractivity contribution in [1.82, 2.24) is 15.5 Å². The second-order valence-electron chi connectivity index (χ2n) is 10.4. The predicted molar refractivity (Wildman–Crippen MR) is 119 cm³/mol. The molecule has 3 amide bonds. The number of likely N-dealkylation sites (tertiary alicyclic amines) is 1. The second kappa shape index (κ2) is 11.0. The van der Waals surface area contributed by atoms with E-state index in [9.17, 15) is 24.3 Å². The Morgan fingerprint density at radius 2 is 1.66 bits per heavy atom. The van der Waals surface area contributed by atoms with Gasteiger partial charge in [0.25, 0.3) is 0 Å². The van der Waals surface area contributed by atoms with Crippen LogP contribution < -0.4 is 10.6 Å². The van der Waals surface area contributed by atoms with Crippen molar-refractivity contribution in [3.8, 4) is 0 Å². The lowest BCUT2D eigenvalue weighted by Gasteiger charge is -2.30. The molecule has 2 rings (SSSR count). The smallest absolute Gasteiger partial charge is 0.410 e. The predicted octanol–water partition coefficient (Wildman–Crippen LogP) is 2.53. The van der Waals surface area contributed by atoms with Gasteiger partial charge in [0.15, 0.2) is 0 Å². The summed E-state index contributed by atoms with van der Waals surface area (Å²) in [5, 5.41) is 14.9. The average Bonchev–Trinajstić information content (AvgIpc) is 3.19. The maximum atomic E-state index is 12.7. The van der Waals surface area contributed by atoms with E-state index in [1.807, 2.05) is 0 Å². The molecule has 0 spiro atoms. The fourth-order valence-corrected chi connectivity index (χ4v) is 4.35. The Hall–Kier alpha value is -2.32. The summed E-state index contributed by atoms with van der Waals surface area (Å²) >= 11 is 0. The number of nitrogens with zero attached hydrogens (tertiary/aromatic N) is 1. The fraction of sp³-hybridized carbons (Fsp3) is 0.826. The number of carboxylic acid groups (broad SMARTS) is 1. The fourth-order valence-electron chi connectivity index (χ4n) is 4.35. The SMILES string of the molecule is CC(C)[C@H](NC(=O)C1CCC(CNC(=O)[C@@H]2CCCN2C(=O)OC(C)(C)C)CC1)C(=O)O. The summed E-state index contributed by atoms with van der Waals surface area (Å²) in [6.07, 6.45) is 3.86. The molecule has 2 fully saturated rings. The van der Waals surface area contributed by atoms with Gasteiger partial charge in [-0.05, 0) is 71.1 Å². The third kappa shape index (κ3) is 7.38. The third-order valence-corrected chi connectivity index (χ3v) is 6.20. The Morgan fingerprint density at radius 3 is 2.19 bits per heavy atom. The van der Waals surface area contributed by atoms with Crippen molar-refractivity contribution in [3.05, 3.63) is 0 Å². The number of hydrogen-bond acceptors (Lipinski definition) is 5. The van der Waals surface area contributed by atoms with Crippen molar-refractivity contribution in [2.24, 2.45) is 17.8 Å². The van der Waals surface area contributed by atoms with Crippen LogP contribution in [0.3, 0.4) is 0 Å². The molecular weight excluding hydrogens is 414 g/mol. The molecule has 1 heterocycles. The quantitative estimate of drug-likeness (QED) is 0.544. The number of hydrogen-bond donors (Lipinski definition) is 3. The van der Waals surface area contributed by atoms with Gasteiger partial charge in [-0.2, -0.15) is 0 Å². The average molecular weight is 454 g/mol. The van der Waals surface area contributed by atoms with Gasteiger partial charge in [0.1, 0.15) is 17.7 Å². The van der Waals surface area contributed by atoms with E-state index in [1.54, 1.807) is 34.6 Å². The number of rotatable bonds is 7. The molecule has 1 saturated carbocycles. The highest BCUT2D eigenvalue weighted by Gasteiger charge is 2.37. The zero-order valence-corrected chi connectivity index (χ0v) is 20.0. The molecule has 2 aliphatic rings. The number of aliphatic carboxylic acids is 1. The third-order valence-electron chi connectivity index (χ3n) is 6.20. The van der Waals surface area contributed by atoms with Crippen LogP contribution in [0.15, 0.2) is 0 Å². The second-order valence-corrected chi connectivity index (χ2v) is 10.4. The molecular formula is C23H39N3O6. The summed E-state index contributed by atoms with van der Waals surface area (Å²) in [6, 6.07) is -1.38. The van der Waals surface area contributed by atoms with Crippen LogP contribution in [0.2, 0.25) is 0 Å². The van der Waals surface area contributed by atoms with Gasteiger partial charge in [0.2, 0.25) is 11.8 Å². The number of nitrogens with one attached hydrogen (secondary N) is 2. The minimum absolute atomic E-state index is 0.158. The molecule has 3 N–H and O–H groups in total. The summed E-state index contributed by atoms with van der Waals surface area (Å²) < 4.78 is 5.42. The topological polar surface area (TPSA) is 125 Å². The number of ether oxygens (including phenoxy) is 1. The van der Waals surface area contributed by atoms with E-state index in [4.69, 9.17) is 4.74 Å². The van der Waals surface area contributed by atoms with Crippen LogP contribution >= 0.6 is 0 Å². The Labute approximate surface area is 190 Å². The molecule has 1 aliphatic carbocycles. The standard InChI is InChI=1S/C23H39N3O6/c1-14(2)18(21(29)30)25-19(27)16-10-8-15(9-11-16)13-24-20(28)17-7-6-12-26(17)22(31)32-23(3,4)5/h14-18H,6-13H2,1-5H3,(H,24,28)(H,25,27)(H,29,30)/t15?,16?,17-,18-/m0/s1. The highest BCUT2D eigenvalue weighted by Crippen LogP contribution is 2.29. The molecule has 0 aromatic heterocycles. The monoisotopic (exact) mass is 453 g/mol. The normalized spacial score (nSPS) is 24.7. The van der Waals surface area contributed by atoms with Crippen LogP contribution in [-0.2, 0) is 19.1 Å². The maximum absolute atomic E-state index is 12.7. The first-order valence-electron chi connectivity index (χ1n) is 11.7. The van der Waals surface area contributed by atoms with Crippen molar-refractivity contribution in [2.75, 3.05) is 13.1 Å². The van der Waals surface area contributed by atoms with E-state index in [0.29, 0.717) is 32.4 Å². The van der Waals surface area contributed by atoms with Gasteiger partial charge in [0, 0.05) is 19.0 Å². The summed E-state index contributed by atoms with van der Waals surface area (Å²) in [4.78, 5) is 50.4. The molecule has 9 nitrogen and oxygen atoms in total. The first-order chi connectivity index (χ1) is 14.9. The lowest BCUT2D eigenvalue weighted by molar-refractivity contribution is -0.144. The largest absolute Gasteiger partial charge is 0.480 e. The maximum Gasteiger partial charge on any atom is 0.410 e. The number of carbonyl (C=O) groups is 4. The van der Waals surface area contributed by atoms with E-state index in [-0.39, 0.29) is 29.6 Å². The first kappa shape index (κ1) is 25.9. The zero-order chi connectivity index (χ0) is 24.1. The summed E-state index contributed by atoms with van der Waals surface area (Å²) in [6.45, 7) is 9.97. The van der Waals surface area contributed by atoms with Gasteiger partial charge in [-0.15, -0.1) is 0 Å². The molecule has 1 saturated heterocycles. The Morgan fingerprint density at radius 1 is 1.03 bits per heavy atom. The zero-order valence-electron chi connectivity index (χ0n) is 20.0. The van der Waals surface area contributed by atoms with Gasteiger partial charge in [-0.3, -0.25) is 14.5 Å².